The van der Waals surface area contributed by atoms with Gasteiger partial charge in [-0.2, -0.15) is 13.9 Å². The third-order valence-corrected chi connectivity index (χ3v) is 11.6. The molecule has 6 heterocycles. The van der Waals surface area contributed by atoms with Crippen LogP contribution in [-0.4, -0.2) is 104 Å². The Morgan fingerprint density at radius 1 is 1.04 bits per heavy atom. The molecule has 2 aromatic heterocycles. The molecule has 2 amide bonds. The molecule has 50 heavy (non-hydrogen) atoms. The van der Waals surface area contributed by atoms with Gasteiger partial charge in [-0.25, -0.2) is 9.97 Å². The highest BCUT2D eigenvalue weighted by molar-refractivity contribution is 7.97. The summed E-state index contributed by atoms with van der Waals surface area (Å²) in [6, 6.07) is 6.01. The number of piperidine rings is 3. The molecule has 0 aliphatic carbocycles. The van der Waals surface area contributed by atoms with Crippen LogP contribution >= 0.6 is 11.9 Å². The molecule has 3 aromatic rings. The molecule has 272 valence electrons. The molecule has 4 aliphatic rings. The van der Waals surface area contributed by atoms with E-state index in [0.717, 1.165) is 61.4 Å². The highest BCUT2D eigenvalue weighted by atomic mass is 32.2. The Morgan fingerprint density at radius 3 is 2.38 bits per heavy atom. The average Bonchev–Trinajstić information content (AvgIpc) is 3.39. The van der Waals surface area contributed by atoms with Crippen molar-refractivity contribution in [2.45, 2.75) is 95.9 Å². The largest absolute Gasteiger partial charge is 0.432 e. The fraction of sp³-hybridized carbons (Fsp3) is 0.629. The number of anilines is 2. The second kappa shape index (κ2) is 16.2. The molecule has 0 saturated carbocycles. The van der Waals surface area contributed by atoms with E-state index in [1.807, 2.05) is 23.7 Å². The predicted molar refractivity (Wildman–Crippen MR) is 192 cm³/mol. The predicted octanol–water partition coefficient (Wildman–Crippen LogP) is 5.09. The lowest BCUT2D eigenvalue weighted by Crippen LogP contribution is -2.59. The van der Waals surface area contributed by atoms with Gasteiger partial charge in [-0.05, 0) is 70.2 Å². The van der Waals surface area contributed by atoms with Crippen molar-refractivity contribution in [3.63, 3.8) is 0 Å². The normalized spacial score (nSPS) is 23.5. The highest BCUT2D eigenvalue weighted by Gasteiger charge is 2.36. The number of halogens is 2. The van der Waals surface area contributed by atoms with Crippen LogP contribution in [0, 0.1) is 6.92 Å². The zero-order chi connectivity index (χ0) is 35.4. The van der Waals surface area contributed by atoms with E-state index in [4.69, 9.17) is 5.10 Å². The number of nitrogens with one attached hydrogen (secondary N) is 2. The maximum Gasteiger partial charge on any atom is 0.387 e. The van der Waals surface area contributed by atoms with Crippen LogP contribution in [0.15, 0.2) is 24.5 Å². The molecule has 12 nitrogen and oxygen atoms in total. The molecular weight excluding hydrogens is 665 g/mol. The van der Waals surface area contributed by atoms with Crippen LogP contribution in [0.4, 0.5) is 20.4 Å². The van der Waals surface area contributed by atoms with E-state index < -0.39 is 6.61 Å². The first-order valence-corrected chi connectivity index (χ1v) is 18.7. The lowest BCUT2D eigenvalue weighted by atomic mass is 9.90. The Balaban J connectivity index is 0.000000183. The third kappa shape index (κ3) is 8.48. The lowest BCUT2D eigenvalue weighted by molar-refractivity contribution is -0.134. The smallest absolute Gasteiger partial charge is 0.387 e. The number of carbonyl (C=O) groups is 2. The molecule has 4 aliphatic heterocycles. The Morgan fingerprint density at radius 2 is 1.74 bits per heavy atom. The van der Waals surface area contributed by atoms with Gasteiger partial charge in [0.2, 0.25) is 17.8 Å². The van der Waals surface area contributed by atoms with Gasteiger partial charge in [-0.15, -0.1) is 0 Å². The van der Waals surface area contributed by atoms with E-state index in [9.17, 15) is 18.4 Å². The van der Waals surface area contributed by atoms with Crippen molar-refractivity contribution in [3.05, 3.63) is 35.8 Å². The van der Waals surface area contributed by atoms with Crippen molar-refractivity contribution in [1.29, 1.82) is 0 Å². The SMILES string of the molecule is CCCSN1CCC(Nc2ncc(OC(F)F)cn2)CC1.Cc1cc2c(C3CCC(=O)NC3=O)nn(C)c2cc1N1CC2CCCC(C1)N2C. The quantitative estimate of drug-likeness (QED) is 0.228. The Bertz CT molecular complexity index is 1620. The van der Waals surface area contributed by atoms with Gasteiger partial charge in [0, 0.05) is 74.6 Å². The van der Waals surface area contributed by atoms with Crippen LogP contribution in [0.2, 0.25) is 0 Å². The summed E-state index contributed by atoms with van der Waals surface area (Å²) in [5.74, 6) is 0.815. The standard InChI is InChI=1S/C22H29N5O2.C13H20F2N4OS/c1-13-9-17-19(26(3)24-21(17)16-7-8-20(28)23-22(16)29)10-18(13)27-11-14-5-4-6-15(12-27)25(14)2;1-2-7-21-19-5-3-10(4-6-19)18-13-16-8-11(9-17-13)20-12(14)15/h9-10,14-16H,4-8,11-12H2,1-3H3,(H,23,28,29);8-10,12H,2-7H2,1H3,(H,16,17,18). The van der Waals surface area contributed by atoms with Crippen molar-refractivity contribution in [2.24, 2.45) is 7.05 Å². The number of aryl methyl sites for hydroxylation is 2. The number of amides is 2. The molecule has 2 bridgehead atoms. The van der Waals surface area contributed by atoms with E-state index in [0.29, 0.717) is 36.9 Å². The van der Waals surface area contributed by atoms with Crippen LogP contribution in [-0.2, 0) is 16.6 Å². The zero-order valence-electron chi connectivity index (χ0n) is 29.4. The molecule has 4 fully saturated rings. The summed E-state index contributed by atoms with van der Waals surface area (Å²) in [6.07, 6.45) is 10.5. The van der Waals surface area contributed by atoms with Crippen LogP contribution in [0.1, 0.15) is 75.5 Å². The molecule has 1 aromatic carbocycles. The van der Waals surface area contributed by atoms with Gasteiger partial charge in [0.05, 0.1) is 29.5 Å². The number of piperazine rings is 1. The van der Waals surface area contributed by atoms with E-state index in [-0.39, 0.29) is 23.5 Å². The Hall–Kier alpha value is -3.56. The number of alkyl halides is 2. The first kappa shape index (κ1) is 36.2. The van der Waals surface area contributed by atoms with Gasteiger partial charge in [-0.3, -0.25) is 28.8 Å². The Labute approximate surface area is 296 Å². The minimum atomic E-state index is -2.85. The summed E-state index contributed by atoms with van der Waals surface area (Å²) in [4.78, 5) is 37.0. The molecule has 2 N–H and O–H groups in total. The number of aromatic nitrogens is 4. The minimum Gasteiger partial charge on any atom is -0.432 e. The second-order valence-electron chi connectivity index (χ2n) is 13.8. The monoisotopic (exact) mass is 713 g/mol. The molecule has 4 saturated heterocycles. The number of likely N-dealkylation sites (N-methyl/N-ethyl adjacent to an activating group) is 1. The minimum absolute atomic E-state index is 0.0265. The number of hydrogen-bond donors (Lipinski definition) is 2. The number of imide groups is 1. The summed E-state index contributed by atoms with van der Waals surface area (Å²) in [6.45, 7) is 5.69. The van der Waals surface area contributed by atoms with Gasteiger partial charge in [0.15, 0.2) is 5.75 Å². The number of hydrogen-bond acceptors (Lipinski definition) is 11. The fourth-order valence-electron chi connectivity index (χ4n) is 7.58. The van der Waals surface area contributed by atoms with E-state index in [1.54, 1.807) is 0 Å². The van der Waals surface area contributed by atoms with E-state index >= 15 is 0 Å². The first-order chi connectivity index (χ1) is 24.1. The number of rotatable bonds is 9. The molecule has 15 heteroatoms. The van der Waals surface area contributed by atoms with Crippen LogP contribution in [0.3, 0.4) is 0 Å². The topological polar surface area (TPSA) is 121 Å². The molecular formula is C35H49F2N9O3S. The number of nitrogens with zero attached hydrogens (tertiary/aromatic N) is 7. The van der Waals surface area contributed by atoms with Gasteiger partial charge >= 0.3 is 6.61 Å². The molecule has 7 rings (SSSR count). The zero-order valence-corrected chi connectivity index (χ0v) is 30.2. The summed E-state index contributed by atoms with van der Waals surface area (Å²) in [5, 5.41) is 11.4. The number of benzene rings is 1. The lowest BCUT2D eigenvalue weighted by Gasteiger charge is -2.49. The summed E-state index contributed by atoms with van der Waals surface area (Å²) >= 11 is 1.90. The highest BCUT2D eigenvalue weighted by Crippen LogP contribution is 2.37. The third-order valence-electron chi connectivity index (χ3n) is 10.3. The second-order valence-corrected chi connectivity index (χ2v) is 15.0. The fourth-order valence-corrected chi connectivity index (χ4v) is 8.49. The molecule has 3 atom stereocenters. The van der Waals surface area contributed by atoms with E-state index in [2.05, 4.69) is 72.5 Å². The number of ether oxygens (including phenoxy) is 1. The maximum absolute atomic E-state index is 12.4. The first-order valence-electron chi connectivity index (χ1n) is 17.8. The van der Waals surface area contributed by atoms with Crippen LogP contribution < -0.4 is 20.3 Å². The number of carbonyl (C=O) groups excluding carboxylic acids is 2. The molecule has 0 spiro atoms. The van der Waals surface area contributed by atoms with Crippen LogP contribution in [0.25, 0.3) is 10.9 Å². The van der Waals surface area contributed by atoms with Crippen molar-refractivity contribution >= 4 is 46.3 Å². The van der Waals surface area contributed by atoms with Crippen molar-refractivity contribution in [2.75, 3.05) is 49.2 Å². The van der Waals surface area contributed by atoms with Gasteiger partial charge in [0.1, 0.15) is 0 Å². The van der Waals surface area contributed by atoms with Crippen molar-refractivity contribution in [1.82, 2.24) is 34.3 Å². The molecule has 3 unspecified atom stereocenters. The summed E-state index contributed by atoms with van der Waals surface area (Å²) in [7, 11) is 4.21. The van der Waals surface area contributed by atoms with Gasteiger partial charge < -0.3 is 15.0 Å². The average molecular weight is 714 g/mol. The maximum atomic E-state index is 12.4. The summed E-state index contributed by atoms with van der Waals surface area (Å²) in [5.41, 5.74) is 4.34. The van der Waals surface area contributed by atoms with Crippen LogP contribution in [0.5, 0.6) is 5.75 Å². The van der Waals surface area contributed by atoms with Gasteiger partial charge in [0.25, 0.3) is 0 Å². The summed E-state index contributed by atoms with van der Waals surface area (Å²) < 4.78 is 32.5. The van der Waals surface area contributed by atoms with Crippen molar-refractivity contribution < 1.29 is 23.1 Å². The Kier molecular flexibility index (Phi) is 11.7. The van der Waals surface area contributed by atoms with Gasteiger partial charge in [-0.1, -0.05) is 25.3 Å². The number of fused-ring (bicyclic) bond motifs is 3. The van der Waals surface area contributed by atoms with E-state index in [1.165, 1.54) is 49.3 Å². The molecule has 0 radical (unpaired) electrons. The van der Waals surface area contributed by atoms with Crippen molar-refractivity contribution in [3.8, 4) is 5.75 Å².